The minimum absolute atomic E-state index is 0.251. The first-order chi connectivity index (χ1) is 11.2. The first-order valence-electron chi connectivity index (χ1n) is 7.73. The number of aryl methyl sites for hydroxylation is 1. The molecule has 0 saturated carbocycles. The van der Waals surface area contributed by atoms with Crippen LogP contribution in [0.3, 0.4) is 0 Å². The lowest BCUT2D eigenvalue weighted by Gasteiger charge is -2.26. The van der Waals surface area contributed by atoms with Crippen LogP contribution in [0.4, 0.5) is 5.69 Å². The van der Waals surface area contributed by atoms with Gasteiger partial charge in [0.15, 0.2) is 5.82 Å². The Morgan fingerprint density at radius 2 is 1.96 bits per heavy atom. The summed E-state index contributed by atoms with van der Waals surface area (Å²) in [4.78, 5) is 2.12. The summed E-state index contributed by atoms with van der Waals surface area (Å²) in [6.07, 6.45) is 2.03. The zero-order valence-corrected chi connectivity index (χ0v) is 15.1. The van der Waals surface area contributed by atoms with Crippen molar-refractivity contribution < 1.29 is 0 Å². The van der Waals surface area contributed by atoms with Crippen molar-refractivity contribution in [1.82, 2.24) is 14.9 Å². The van der Waals surface area contributed by atoms with Crippen molar-refractivity contribution in [1.29, 1.82) is 0 Å². The zero-order chi connectivity index (χ0) is 16.0. The van der Waals surface area contributed by atoms with E-state index in [2.05, 4.69) is 75.5 Å². The number of fused-ring (bicyclic) bond motifs is 3. The standard InChI is InChI=1S/C16H19N5S2/c1-4-5-13-17-18-16-20(13)21-14(23-16)10-22-15(21)11-6-8-12(9-7-11)19(2)3/h6-10,15H,4-5H2,1-3H3. The van der Waals surface area contributed by atoms with Gasteiger partial charge in [0.05, 0.1) is 0 Å². The molecule has 2 aliphatic heterocycles. The van der Waals surface area contributed by atoms with Crippen LogP contribution in [-0.2, 0) is 6.42 Å². The van der Waals surface area contributed by atoms with Crippen LogP contribution in [0, 0.1) is 0 Å². The minimum Gasteiger partial charge on any atom is -0.378 e. The van der Waals surface area contributed by atoms with Crippen molar-refractivity contribution >= 4 is 29.2 Å². The van der Waals surface area contributed by atoms with Crippen LogP contribution in [0.2, 0.25) is 0 Å². The highest BCUT2D eigenvalue weighted by Crippen LogP contribution is 2.51. The summed E-state index contributed by atoms with van der Waals surface area (Å²) in [5.41, 5.74) is 2.52. The van der Waals surface area contributed by atoms with E-state index in [0.717, 1.165) is 23.8 Å². The van der Waals surface area contributed by atoms with Crippen molar-refractivity contribution in [3.8, 4) is 0 Å². The molecular formula is C16H19N5S2. The summed E-state index contributed by atoms with van der Waals surface area (Å²) in [6, 6.07) is 8.79. The number of thioether (sulfide) groups is 2. The molecule has 0 N–H and O–H groups in total. The second kappa shape index (κ2) is 5.79. The fraction of sp³-hybridized carbons (Fsp3) is 0.375. The predicted octanol–water partition coefficient (Wildman–Crippen LogP) is 3.58. The third-order valence-electron chi connectivity index (χ3n) is 4.00. The molecule has 1 atom stereocenters. The van der Waals surface area contributed by atoms with Gasteiger partial charge in [0.25, 0.3) is 0 Å². The van der Waals surface area contributed by atoms with Crippen molar-refractivity contribution in [2.45, 2.75) is 30.3 Å². The maximum atomic E-state index is 4.36. The third-order valence-corrected chi connectivity index (χ3v) is 6.19. The number of hydrogen-bond donors (Lipinski definition) is 0. The Balaban J connectivity index is 1.68. The number of anilines is 1. The highest BCUT2D eigenvalue weighted by Gasteiger charge is 2.39. The Hall–Kier alpha value is -1.60. The van der Waals surface area contributed by atoms with E-state index in [1.165, 1.54) is 16.3 Å². The van der Waals surface area contributed by atoms with Gasteiger partial charge in [-0.2, -0.15) is 0 Å². The summed E-state index contributed by atoms with van der Waals surface area (Å²) >= 11 is 3.56. The maximum Gasteiger partial charge on any atom is 0.216 e. The number of benzene rings is 1. The summed E-state index contributed by atoms with van der Waals surface area (Å²) in [7, 11) is 4.13. The molecule has 4 rings (SSSR count). The van der Waals surface area contributed by atoms with Crippen LogP contribution in [0.15, 0.2) is 39.9 Å². The Morgan fingerprint density at radius 3 is 2.65 bits per heavy atom. The SMILES string of the molecule is CCCc1nnc2n1N1C(=CSC1c1ccc(N(C)C)cc1)S2. The molecule has 5 nitrogen and oxygen atoms in total. The fourth-order valence-corrected chi connectivity index (χ4v) is 5.08. The monoisotopic (exact) mass is 345 g/mol. The Morgan fingerprint density at radius 1 is 1.17 bits per heavy atom. The van der Waals surface area contributed by atoms with Crippen LogP contribution in [0.25, 0.3) is 0 Å². The first-order valence-corrected chi connectivity index (χ1v) is 9.49. The molecule has 0 spiro atoms. The van der Waals surface area contributed by atoms with Gasteiger partial charge in [-0.3, -0.25) is 5.01 Å². The lowest BCUT2D eigenvalue weighted by atomic mass is 10.2. The van der Waals surface area contributed by atoms with Gasteiger partial charge in [-0.25, -0.2) is 4.68 Å². The smallest absolute Gasteiger partial charge is 0.216 e. The number of aromatic nitrogens is 3. The largest absolute Gasteiger partial charge is 0.378 e. The van der Waals surface area contributed by atoms with E-state index < -0.39 is 0 Å². The molecule has 2 aliphatic rings. The van der Waals surface area contributed by atoms with Gasteiger partial charge < -0.3 is 4.90 Å². The van der Waals surface area contributed by atoms with Crippen molar-refractivity contribution in [3.63, 3.8) is 0 Å². The van der Waals surface area contributed by atoms with E-state index in [9.17, 15) is 0 Å². The first kappa shape index (κ1) is 15.0. The predicted molar refractivity (Wildman–Crippen MR) is 97.3 cm³/mol. The molecule has 120 valence electrons. The minimum atomic E-state index is 0.251. The van der Waals surface area contributed by atoms with Crippen LogP contribution < -0.4 is 9.91 Å². The topological polar surface area (TPSA) is 37.2 Å². The second-order valence-electron chi connectivity index (χ2n) is 5.84. The number of rotatable bonds is 4. The average Bonchev–Trinajstić information content (AvgIpc) is 3.20. The second-order valence-corrected chi connectivity index (χ2v) is 7.78. The van der Waals surface area contributed by atoms with Gasteiger partial charge in [0, 0.05) is 31.6 Å². The van der Waals surface area contributed by atoms with Gasteiger partial charge in [0.2, 0.25) is 5.16 Å². The molecule has 0 amide bonds. The van der Waals surface area contributed by atoms with E-state index in [4.69, 9.17) is 0 Å². The van der Waals surface area contributed by atoms with Crippen LogP contribution in [-0.4, -0.2) is 29.0 Å². The van der Waals surface area contributed by atoms with Crippen molar-refractivity contribution in [2.75, 3.05) is 24.0 Å². The van der Waals surface area contributed by atoms with Gasteiger partial charge in [-0.15, -0.1) is 10.2 Å². The Bertz CT molecular complexity index is 750. The normalized spacial score (nSPS) is 18.8. The molecule has 3 heterocycles. The fourth-order valence-electron chi connectivity index (χ4n) is 2.83. The molecule has 0 fully saturated rings. The van der Waals surface area contributed by atoms with Crippen LogP contribution >= 0.6 is 23.5 Å². The molecule has 0 aliphatic carbocycles. The Kier molecular flexibility index (Phi) is 3.77. The van der Waals surface area contributed by atoms with Gasteiger partial charge in [0.1, 0.15) is 10.4 Å². The molecule has 7 heteroatoms. The molecule has 23 heavy (non-hydrogen) atoms. The highest BCUT2D eigenvalue weighted by atomic mass is 32.2. The van der Waals surface area contributed by atoms with E-state index in [-0.39, 0.29) is 5.37 Å². The van der Waals surface area contributed by atoms with E-state index in [1.807, 2.05) is 11.8 Å². The lowest BCUT2D eigenvalue weighted by Crippen LogP contribution is -2.30. The van der Waals surface area contributed by atoms with Crippen molar-refractivity contribution in [3.05, 3.63) is 46.1 Å². The molecule has 0 radical (unpaired) electrons. The number of hydrogen-bond acceptors (Lipinski definition) is 6. The molecule has 2 aromatic rings. The lowest BCUT2D eigenvalue weighted by molar-refractivity contribution is 0.598. The summed E-state index contributed by atoms with van der Waals surface area (Å²) in [5.74, 6) is 1.05. The quantitative estimate of drug-likeness (QED) is 0.843. The van der Waals surface area contributed by atoms with Gasteiger partial charge >= 0.3 is 0 Å². The summed E-state index contributed by atoms with van der Waals surface area (Å²) in [5, 5.41) is 15.8. The number of nitrogens with zero attached hydrogens (tertiary/aromatic N) is 5. The van der Waals surface area contributed by atoms with Gasteiger partial charge in [-0.1, -0.05) is 30.8 Å². The zero-order valence-electron chi connectivity index (χ0n) is 13.4. The van der Waals surface area contributed by atoms with Crippen LogP contribution in [0.5, 0.6) is 0 Å². The van der Waals surface area contributed by atoms with Gasteiger partial charge in [-0.05, 0) is 35.9 Å². The molecule has 0 bridgehead atoms. The Labute approximate surface area is 144 Å². The summed E-state index contributed by atoms with van der Waals surface area (Å²) in [6.45, 7) is 2.18. The van der Waals surface area contributed by atoms with E-state index in [0.29, 0.717) is 0 Å². The van der Waals surface area contributed by atoms with E-state index in [1.54, 1.807) is 11.8 Å². The molecular weight excluding hydrogens is 326 g/mol. The highest BCUT2D eigenvalue weighted by molar-refractivity contribution is 8.07. The molecule has 1 aromatic carbocycles. The van der Waals surface area contributed by atoms with Crippen LogP contribution in [0.1, 0.15) is 30.1 Å². The van der Waals surface area contributed by atoms with E-state index >= 15 is 0 Å². The molecule has 1 aromatic heterocycles. The molecule has 1 unspecified atom stereocenters. The molecule has 0 saturated heterocycles. The maximum absolute atomic E-state index is 4.36. The average molecular weight is 345 g/mol. The third kappa shape index (κ3) is 2.42. The summed E-state index contributed by atoms with van der Waals surface area (Å²) < 4.78 is 2.20. The van der Waals surface area contributed by atoms with Crippen molar-refractivity contribution in [2.24, 2.45) is 0 Å².